The van der Waals surface area contributed by atoms with Crippen molar-refractivity contribution in [1.29, 1.82) is 0 Å². The van der Waals surface area contributed by atoms with E-state index in [9.17, 15) is 19.5 Å². The number of nitrogens with one attached hydrogen (secondary N) is 1. The van der Waals surface area contributed by atoms with Crippen LogP contribution in [0.4, 0.5) is 10.1 Å². The van der Waals surface area contributed by atoms with Gasteiger partial charge in [0.15, 0.2) is 0 Å². The van der Waals surface area contributed by atoms with Gasteiger partial charge in [0.2, 0.25) is 12.3 Å². The number of carbonyl (C=O) groups is 3. The zero-order valence-corrected chi connectivity index (χ0v) is 38.7. The van der Waals surface area contributed by atoms with Crippen LogP contribution in [-0.2, 0) is 32.7 Å². The van der Waals surface area contributed by atoms with Crippen LogP contribution in [0.1, 0.15) is 120 Å². The second kappa shape index (κ2) is 18.1. The number of rotatable bonds is 11. The van der Waals surface area contributed by atoms with Crippen LogP contribution in [0.2, 0.25) is 5.02 Å². The molecule has 2 N–H and O–H groups in total. The number of aromatic hydroxyl groups is 1. The van der Waals surface area contributed by atoms with Crippen molar-refractivity contribution < 1.29 is 38.1 Å². The zero-order valence-electron chi connectivity index (χ0n) is 38.0. The molecule has 0 saturated carbocycles. The monoisotopic (exact) mass is 918 g/mol. The number of hydrogen-bond acceptors (Lipinski definition) is 9. The number of ether oxygens (including phenoxy) is 3. The van der Waals surface area contributed by atoms with Gasteiger partial charge in [0.05, 0.1) is 48.7 Å². The van der Waals surface area contributed by atoms with Gasteiger partial charge in [-0.1, -0.05) is 48.0 Å². The highest BCUT2D eigenvalue weighted by molar-refractivity contribution is 6.34. The standard InChI is InChI=1S/C53H60ClFN4O7/c1-33(8-13-47(62)56-32-60)59-29-41-49(51(59)63)43(54)26-42-50(41)65-31-52(42)16-20-57(21-17-52)28-34-14-15-53(66-30-34)18-22-58(23-19-53)45-27-46(64-2)40(25-44(45)55)48-38(35-6-4-3-5-7-35)11-9-36-24-37(61)10-12-39(36)48/h3-7,10,12,24-27,32-34,38,48,61H,8-9,11,13-23,28-31H2,1-2H3,(H,56,60,62). The number of phenolic OH excluding ortho intramolecular Hbond substituents is 1. The highest BCUT2D eigenvalue weighted by Crippen LogP contribution is 2.53. The third-order valence-electron chi connectivity index (χ3n) is 16.2. The van der Waals surface area contributed by atoms with E-state index in [4.69, 9.17) is 25.8 Å². The maximum atomic E-state index is 16.5. The Hall–Kier alpha value is -5.17. The molecule has 0 bridgehead atoms. The smallest absolute Gasteiger partial charge is 0.256 e. The third-order valence-corrected chi connectivity index (χ3v) is 16.5. The molecule has 0 radical (unpaired) electrons. The van der Waals surface area contributed by atoms with Gasteiger partial charge in [-0.2, -0.15) is 0 Å². The molecular weight excluding hydrogens is 859 g/mol. The number of aryl methyl sites for hydroxylation is 1. The first-order valence-electron chi connectivity index (χ1n) is 23.9. The summed E-state index contributed by atoms with van der Waals surface area (Å²) >= 11 is 6.88. The van der Waals surface area contributed by atoms with Crippen LogP contribution >= 0.6 is 11.6 Å². The fraction of sp³-hybridized carbons (Fsp3) is 0.491. The molecular formula is C53H60ClFN4O7. The molecule has 66 heavy (non-hydrogen) atoms. The van der Waals surface area contributed by atoms with Crippen molar-refractivity contribution in [3.63, 3.8) is 0 Å². The summed E-state index contributed by atoms with van der Waals surface area (Å²) in [5.41, 5.74) is 6.93. The first kappa shape index (κ1) is 44.7. The summed E-state index contributed by atoms with van der Waals surface area (Å²) in [6, 6.07) is 21.4. The molecule has 4 atom stereocenters. The van der Waals surface area contributed by atoms with E-state index in [-0.39, 0.29) is 58.7 Å². The predicted molar refractivity (Wildman–Crippen MR) is 250 cm³/mol. The number of anilines is 1. The molecule has 4 aromatic rings. The number of piperidine rings is 2. The van der Waals surface area contributed by atoms with Gasteiger partial charge in [-0.15, -0.1) is 0 Å². The molecule has 1 aliphatic carbocycles. The van der Waals surface area contributed by atoms with Crippen LogP contribution in [-0.4, -0.2) is 97.8 Å². The minimum absolute atomic E-state index is 0.121. The summed E-state index contributed by atoms with van der Waals surface area (Å²) < 4.78 is 35.8. The second-order valence-electron chi connectivity index (χ2n) is 19.8. The molecule has 5 heterocycles. The van der Waals surface area contributed by atoms with E-state index in [1.165, 1.54) is 5.56 Å². The molecule has 2 spiro atoms. The molecule has 5 aliphatic heterocycles. The van der Waals surface area contributed by atoms with E-state index in [2.05, 4.69) is 39.4 Å². The fourth-order valence-corrected chi connectivity index (χ4v) is 12.6. The van der Waals surface area contributed by atoms with Crippen LogP contribution in [0.15, 0.2) is 66.7 Å². The Labute approximate surface area is 391 Å². The summed E-state index contributed by atoms with van der Waals surface area (Å²) in [7, 11) is 1.67. The molecule has 0 aromatic heterocycles. The minimum atomic E-state index is -0.365. The van der Waals surface area contributed by atoms with Crippen molar-refractivity contribution in [1.82, 2.24) is 15.1 Å². The predicted octanol–water partition coefficient (Wildman–Crippen LogP) is 8.64. The van der Waals surface area contributed by atoms with Crippen molar-refractivity contribution in [2.24, 2.45) is 5.92 Å². The lowest BCUT2D eigenvalue weighted by molar-refractivity contribution is -0.125. The van der Waals surface area contributed by atoms with Crippen molar-refractivity contribution >= 4 is 35.5 Å². The molecule has 6 aliphatic rings. The first-order chi connectivity index (χ1) is 32.0. The SMILES string of the molecule is COc1cc(N2CCC3(CCC(CN4CCC5(CC4)COc4c5cc(Cl)c5c4CN(C(C)CCC(=O)NC=O)C5=O)CO3)CC2)c(F)cc1C1c2ccc(O)cc2CCC1c1ccccc1. The highest BCUT2D eigenvalue weighted by Gasteiger charge is 2.48. The molecule has 3 amide bonds. The maximum Gasteiger partial charge on any atom is 0.256 e. The molecule has 348 valence electrons. The van der Waals surface area contributed by atoms with E-state index in [1.54, 1.807) is 24.1 Å². The largest absolute Gasteiger partial charge is 0.508 e. The summed E-state index contributed by atoms with van der Waals surface area (Å²) in [6.07, 6.45) is 8.35. The lowest BCUT2D eigenvalue weighted by Gasteiger charge is -2.47. The lowest BCUT2D eigenvalue weighted by Crippen LogP contribution is -2.51. The van der Waals surface area contributed by atoms with Crippen molar-refractivity contribution in [3.8, 4) is 17.2 Å². The van der Waals surface area contributed by atoms with Gasteiger partial charge >= 0.3 is 0 Å². The average molecular weight is 920 g/mol. The Kier molecular flexibility index (Phi) is 12.3. The van der Waals surface area contributed by atoms with Crippen LogP contribution in [0, 0.1) is 11.7 Å². The Morgan fingerprint density at radius 1 is 1.02 bits per heavy atom. The molecule has 3 saturated heterocycles. The number of carbonyl (C=O) groups excluding carboxylic acids is 3. The van der Waals surface area contributed by atoms with E-state index in [0.29, 0.717) is 67.0 Å². The number of amides is 3. The molecule has 10 rings (SSSR count). The second-order valence-corrected chi connectivity index (χ2v) is 20.2. The maximum absolute atomic E-state index is 16.5. The number of hydrogen-bond donors (Lipinski definition) is 2. The Balaban J connectivity index is 0.745. The Bertz CT molecular complexity index is 2490. The number of imide groups is 1. The summed E-state index contributed by atoms with van der Waals surface area (Å²) in [5, 5.41) is 13.0. The quantitative estimate of drug-likeness (QED) is 0.143. The summed E-state index contributed by atoms with van der Waals surface area (Å²) in [4.78, 5) is 42.6. The van der Waals surface area contributed by atoms with Crippen LogP contribution in [0.5, 0.6) is 17.2 Å². The van der Waals surface area contributed by atoms with Gasteiger partial charge in [-0.25, -0.2) is 4.39 Å². The summed E-state index contributed by atoms with van der Waals surface area (Å²) in [6.45, 7) is 7.87. The molecule has 13 heteroatoms. The Morgan fingerprint density at radius 2 is 1.80 bits per heavy atom. The van der Waals surface area contributed by atoms with E-state index >= 15 is 4.39 Å². The number of benzene rings is 4. The van der Waals surface area contributed by atoms with Gasteiger partial charge in [-0.3, -0.25) is 19.7 Å². The van der Waals surface area contributed by atoms with Gasteiger partial charge in [0, 0.05) is 66.2 Å². The average Bonchev–Trinajstić information content (AvgIpc) is 3.87. The molecule has 11 nitrogen and oxygen atoms in total. The number of phenols is 1. The molecule has 3 fully saturated rings. The number of methoxy groups -OCH3 is 1. The fourth-order valence-electron chi connectivity index (χ4n) is 12.3. The van der Waals surface area contributed by atoms with E-state index in [1.807, 2.05) is 37.3 Å². The highest BCUT2D eigenvalue weighted by atomic mass is 35.5. The van der Waals surface area contributed by atoms with Gasteiger partial charge in [-0.05, 0) is 131 Å². The number of nitrogens with zero attached hydrogens (tertiary/aromatic N) is 3. The van der Waals surface area contributed by atoms with Gasteiger partial charge in [0.25, 0.3) is 5.91 Å². The third kappa shape index (κ3) is 8.21. The summed E-state index contributed by atoms with van der Waals surface area (Å²) in [5.74, 6) is 1.44. The molecule has 4 aromatic carbocycles. The number of likely N-dealkylation sites (tertiary alicyclic amines) is 1. The van der Waals surface area contributed by atoms with Crippen LogP contribution in [0.3, 0.4) is 0 Å². The molecule has 4 unspecified atom stereocenters. The van der Waals surface area contributed by atoms with Gasteiger partial charge < -0.3 is 34.0 Å². The van der Waals surface area contributed by atoms with Crippen molar-refractivity contribution in [3.05, 3.63) is 117 Å². The van der Waals surface area contributed by atoms with Crippen LogP contribution in [0.25, 0.3) is 0 Å². The first-order valence-corrected chi connectivity index (χ1v) is 24.2. The lowest BCUT2D eigenvalue weighted by atomic mass is 9.69. The van der Waals surface area contributed by atoms with E-state index in [0.717, 1.165) is 111 Å². The van der Waals surface area contributed by atoms with Gasteiger partial charge in [0.1, 0.15) is 23.1 Å². The number of fused-ring (bicyclic) bond motifs is 5. The van der Waals surface area contributed by atoms with Crippen molar-refractivity contribution in [2.75, 3.05) is 57.9 Å². The zero-order chi connectivity index (χ0) is 45.7. The minimum Gasteiger partial charge on any atom is -0.508 e. The van der Waals surface area contributed by atoms with Crippen LogP contribution < -0.4 is 19.7 Å². The normalized spacial score (nSPS) is 23.5. The number of halogens is 2. The topological polar surface area (TPSA) is 121 Å². The Morgan fingerprint density at radius 3 is 2.53 bits per heavy atom. The van der Waals surface area contributed by atoms with Crippen molar-refractivity contribution in [2.45, 2.75) is 107 Å². The van der Waals surface area contributed by atoms with E-state index < -0.39 is 0 Å².